The molecule has 1 aliphatic rings. The van der Waals surface area contributed by atoms with Gasteiger partial charge in [-0.2, -0.15) is 0 Å². The number of carbonyl (C=O) groups excluding carboxylic acids is 2. The Morgan fingerprint density at radius 2 is 2.05 bits per heavy atom. The standard InChI is InChI=1S/C14H18N2O3/c1-10-4-5-11(12(17)8-10)14(19)16-7-3-6-15(2)13(18)9-16/h4-5,8,17H,3,6-7,9H2,1-2H3. The second-order valence-corrected chi connectivity index (χ2v) is 4.92. The van der Waals surface area contributed by atoms with Gasteiger partial charge in [-0.15, -0.1) is 0 Å². The summed E-state index contributed by atoms with van der Waals surface area (Å²) >= 11 is 0. The SMILES string of the molecule is Cc1ccc(C(=O)N2CCCN(C)C(=O)C2)c(O)c1. The largest absolute Gasteiger partial charge is 0.507 e. The maximum Gasteiger partial charge on any atom is 0.258 e. The molecule has 0 unspecified atom stereocenters. The minimum atomic E-state index is -0.291. The van der Waals surface area contributed by atoms with Crippen LogP contribution in [0.15, 0.2) is 18.2 Å². The van der Waals surface area contributed by atoms with Crippen molar-refractivity contribution in [2.24, 2.45) is 0 Å². The van der Waals surface area contributed by atoms with E-state index in [9.17, 15) is 14.7 Å². The van der Waals surface area contributed by atoms with Crippen LogP contribution in [0.4, 0.5) is 0 Å². The number of phenols is 1. The van der Waals surface area contributed by atoms with Gasteiger partial charge in [-0.1, -0.05) is 6.07 Å². The first kappa shape index (κ1) is 13.4. The molecule has 0 radical (unpaired) electrons. The Morgan fingerprint density at radius 1 is 1.32 bits per heavy atom. The van der Waals surface area contributed by atoms with Gasteiger partial charge in [-0.3, -0.25) is 9.59 Å². The zero-order valence-corrected chi connectivity index (χ0v) is 11.2. The molecule has 0 spiro atoms. The maximum atomic E-state index is 12.3. The number of likely N-dealkylation sites (N-methyl/N-ethyl adjacent to an activating group) is 1. The van der Waals surface area contributed by atoms with E-state index in [1.807, 2.05) is 6.92 Å². The summed E-state index contributed by atoms with van der Waals surface area (Å²) in [6, 6.07) is 4.93. The minimum Gasteiger partial charge on any atom is -0.507 e. The molecule has 0 saturated carbocycles. The van der Waals surface area contributed by atoms with Crippen molar-refractivity contribution in [2.45, 2.75) is 13.3 Å². The van der Waals surface area contributed by atoms with E-state index in [-0.39, 0.29) is 29.7 Å². The van der Waals surface area contributed by atoms with Crippen LogP contribution in [0, 0.1) is 6.92 Å². The Bertz CT molecular complexity index is 513. The van der Waals surface area contributed by atoms with Crippen LogP contribution in [-0.4, -0.2) is 53.4 Å². The molecule has 0 atom stereocenters. The fourth-order valence-electron chi connectivity index (χ4n) is 2.15. The van der Waals surface area contributed by atoms with Gasteiger partial charge in [0.25, 0.3) is 5.91 Å². The zero-order valence-electron chi connectivity index (χ0n) is 11.2. The van der Waals surface area contributed by atoms with E-state index in [1.54, 1.807) is 30.1 Å². The molecule has 0 aliphatic carbocycles. The molecule has 0 aromatic heterocycles. The van der Waals surface area contributed by atoms with Crippen LogP contribution in [-0.2, 0) is 4.79 Å². The van der Waals surface area contributed by atoms with Crippen molar-refractivity contribution in [2.75, 3.05) is 26.7 Å². The number of phenolic OH excluding ortho intramolecular Hbond substituents is 1. The number of aryl methyl sites for hydroxylation is 1. The van der Waals surface area contributed by atoms with Crippen molar-refractivity contribution in [1.82, 2.24) is 9.80 Å². The van der Waals surface area contributed by atoms with Gasteiger partial charge >= 0.3 is 0 Å². The average Bonchev–Trinajstić information content (AvgIpc) is 2.51. The van der Waals surface area contributed by atoms with Gasteiger partial charge in [0.05, 0.1) is 5.56 Å². The molecular formula is C14H18N2O3. The maximum absolute atomic E-state index is 12.3. The molecule has 1 aliphatic heterocycles. The molecule has 2 amide bonds. The molecule has 5 nitrogen and oxygen atoms in total. The third-order valence-corrected chi connectivity index (χ3v) is 3.34. The number of hydrogen-bond acceptors (Lipinski definition) is 3. The van der Waals surface area contributed by atoms with Crippen molar-refractivity contribution in [3.63, 3.8) is 0 Å². The lowest BCUT2D eigenvalue weighted by Gasteiger charge is -2.20. The molecule has 2 rings (SSSR count). The van der Waals surface area contributed by atoms with Crippen molar-refractivity contribution in [3.8, 4) is 5.75 Å². The number of aromatic hydroxyl groups is 1. The predicted octanol–water partition coefficient (Wildman–Crippen LogP) is 1.00. The van der Waals surface area contributed by atoms with Crippen LogP contribution < -0.4 is 0 Å². The summed E-state index contributed by atoms with van der Waals surface area (Å²) in [7, 11) is 1.74. The van der Waals surface area contributed by atoms with Crippen LogP contribution in [0.3, 0.4) is 0 Å². The smallest absolute Gasteiger partial charge is 0.258 e. The molecule has 1 saturated heterocycles. The molecule has 1 fully saturated rings. The zero-order chi connectivity index (χ0) is 14.0. The van der Waals surface area contributed by atoms with Gasteiger partial charge in [0.1, 0.15) is 12.3 Å². The second-order valence-electron chi connectivity index (χ2n) is 4.92. The lowest BCUT2D eigenvalue weighted by atomic mass is 10.1. The van der Waals surface area contributed by atoms with Crippen molar-refractivity contribution in [1.29, 1.82) is 0 Å². The summed E-state index contributed by atoms with van der Waals surface area (Å²) in [5.74, 6) is -0.395. The molecule has 0 bridgehead atoms. The first-order chi connectivity index (χ1) is 8.99. The lowest BCUT2D eigenvalue weighted by Crippen LogP contribution is -2.38. The molecule has 102 valence electrons. The summed E-state index contributed by atoms with van der Waals surface area (Å²) in [6.07, 6.45) is 0.751. The van der Waals surface area contributed by atoms with E-state index in [4.69, 9.17) is 0 Å². The Balaban J connectivity index is 2.21. The van der Waals surface area contributed by atoms with E-state index in [2.05, 4.69) is 0 Å². The van der Waals surface area contributed by atoms with Crippen LogP contribution in [0.25, 0.3) is 0 Å². The second kappa shape index (κ2) is 5.30. The van der Waals surface area contributed by atoms with Gasteiger partial charge in [-0.25, -0.2) is 0 Å². The van der Waals surface area contributed by atoms with E-state index in [0.717, 1.165) is 12.0 Å². The van der Waals surface area contributed by atoms with Crippen LogP contribution in [0.5, 0.6) is 5.75 Å². The summed E-state index contributed by atoms with van der Waals surface area (Å²) in [6.45, 7) is 3.10. The minimum absolute atomic E-state index is 0.0324. The lowest BCUT2D eigenvalue weighted by molar-refractivity contribution is -0.129. The van der Waals surface area contributed by atoms with E-state index in [0.29, 0.717) is 13.1 Å². The first-order valence-corrected chi connectivity index (χ1v) is 6.32. The molecule has 19 heavy (non-hydrogen) atoms. The number of hydrogen-bond donors (Lipinski definition) is 1. The van der Waals surface area contributed by atoms with Crippen molar-refractivity contribution >= 4 is 11.8 Å². The highest BCUT2D eigenvalue weighted by Gasteiger charge is 2.25. The van der Waals surface area contributed by atoms with Gasteiger partial charge in [0.2, 0.25) is 5.91 Å². The predicted molar refractivity (Wildman–Crippen MR) is 71.0 cm³/mol. The number of benzene rings is 1. The fourth-order valence-corrected chi connectivity index (χ4v) is 2.15. The van der Waals surface area contributed by atoms with Gasteiger partial charge < -0.3 is 14.9 Å². The van der Waals surface area contributed by atoms with Crippen molar-refractivity contribution in [3.05, 3.63) is 29.3 Å². The van der Waals surface area contributed by atoms with Gasteiger partial charge in [0, 0.05) is 20.1 Å². The summed E-state index contributed by atoms with van der Waals surface area (Å²) < 4.78 is 0. The quantitative estimate of drug-likeness (QED) is 0.821. The topological polar surface area (TPSA) is 60.9 Å². The Hall–Kier alpha value is -2.04. The van der Waals surface area contributed by atoms with E-state index < -0.39 is 0 Å². The van der Waals surface area contributed by atoms with Crippen LogP contribution in [0.2, 0.25) is 0 Å². The van der Waals surface area contributed by atoms with Gasteiger partial charge in [0.15, 0.2) is 0 Å². The molecular weight excluding hydrogens is 244 g/mol. The number of rotatable bonds is 1. The van der Waals surface area contributed by atoms with Crippen molar-refractivity contribution < 1.29 is 14.7 Å². The highest BCUT2D eigenvalue weighted by Crippen LogP contribution is 2.21. The molecule has 1 N–H and O–H groups in total. The Kier molecular flexibility index (Phi) is 3.74. The Labute approximate surface area is 112 Å². The third kappa shape index (κ3) is 2.86. The van der Waals surface area contributed by atoms with Crippen LogP contribution >= 0.6 is 0 Å². The molecule has 1 heterocycles. The van der Waals surface area contributed by atoms with E-state index >= 15 is 0 Å². The fraction of sp³-hybridized carbons (Fsp3) is 0.429. The van der Waals surface area contributed by atoms with E-state index in [1.165, 1.54) is 4.90 Å². The highest BCUT2D eigenvalue weighted by molar-refractivity contribution is 5.98. The Morgan fingerprint density at radius 3 is 2.74 bits per heavy atom. The number of carbonyl (C=O) groups is 2. The summed E-state index contributed by atoms with van der Waals surface area (Å²) in [5, 5.41) is 9.84. The molecule has 1 aromatic carbocycles. The normalized spacial score (nSPS) is 16.4. The number of amides is 2. The molecule has 5 heteroatoms. The first-order valence-electron chi connectivity index (χ1n) is 6.32. The summed E-state index contributed by atoms with van der Waals surface area (Å²) in [5.41, 5.74) is 1.14. The van der Waals surface area contributed by atoms with Gasteiger partial charge in [-0.05, 0) is 31.0 Å². The monoisotopic (exact) mass is 262 g/mol. The molecule has 1 aromatic rings. The summed E-state index contributed by atoms with van der Waals surface area (Å²) in [4.78, 5) is 27.2. The highest BCUT2D eigenvalue weighted by atomic mass is 16.3. The average molecular weight is 262 g/mol. The number of nitrogens with zero attached hydrogens (tertiary/aromatic N) is 2. The van der Waals surface area contributed by atoms with Crippen LogP contribution in [0.1, 0.15) is 22.3 Å². The third-order valence-electron chi connectivity index (χ3n) is 3.34.